The second-order valence-electron chi connectivity index (χ2n) is 8.99. The van der Waals surface area contributed by atoms with E-state index in [1.54, 1.807) is 18.2 Å². The second-order valence-corrected chi connectivity index (χ2v) is 11.1. The number of nitrogens with zero attached hydrogens (tertiary/aromatic N) is 1. The molecule has 0 bridgehead atoms. The van der Waals surface area contributed by atoms with E-state index in [0.29, 0.717) is 5.02 Å². The molecule has 0 aliphatic carbocycles. The SMILES string of the molecule is C.C=C/C=C(\C=C)S(=O)(=O)NC(=O)c1cccc(-n2c(C)ccc2-c2cc(Cl)ccc2C)c1.CC.CCc1ccccc1. The lowest BCUT2D eigenvalue weighted by molar-refractivity contribution is 0.0981. The zero-order chi connectivity index (χ0) is 31.3. The van der Waals surface area contributed by atoms with Crippen molar-refractivity contribution in [3.8, 4) is 16.9 Å². The summed E-state index contributed by atoms with van der Waals surface area (Å²) in [5.41, 5.74) is 6.22. The van der Waals surface area contributed by atoms with Gasteiger partial charge in [-0.2, -0.15) is 0 Å². The summed E-state index contributed by atoms with van der Waals surface area (Å²) in [6, 6.07) is 26.9. The molecule has 1 aromatic heterocycles. The van der Waals surface area contributed by atoms with Gasteiger partial charge in [0.2, 0.25) is 0 Å². The quantitative estimate of drug-likeness (QED) is 0.200. The molecule has 3 aromatic carbocycles. The molecule has 0 spiro atoms. The Morgan fingerprint density at radius 1 is 0.930 bits per heavy atom. The van der Waals surface area contributed by atoms with Gasteiger partial charge in [0.1, 0.15) is 0 Å². The minimum absolute atomic E-state index is 0. The molecular weight excluding hydrogens is 576 g/mol. The van der Waals surface area contributed by atoms with Crippen LogP contribution in [0.5, 0.6) is 0 Å². The van der Waals surface area contributed by atoms with Crippen molar-refractivity contribution in [1.29, 1.82) is 0 Å². The van der Waals surface area contributed by atoms with E-state index in [2.05, 4.69) is 49.1 Å². The zero-order valence-electron chi connectivity index (χ0n) is 24.9. The van der Waals surface area contributed by atoms with Gasteiger partial charge in [-0.15, -0.1) is 0 Å². The van der Waals surface area contributed by atoms with Crippen LogP contribution in [0.25, 0.3) is 16.9 Å². The molecule has 0 unspecified atom stereocenters. The van der Waals surface area contributed by atoms with E-state index in [9.17, 15) is 13.2 Å². The Hall–Kier alpha value is -4.13. The van der Waals surface area contributed by atoms with Crippen LogP contribution in [0.2, 0.25) is 5.02 Å². The van der Waals surface area contributed by atoms with E-state index < -0.39 is 15.9 Å². The van der Waals surface area contributed by atoms with Crippen molar-refractivity contribution in [2.45, 2.75) is 48.5 Å². The van der Waals surface area contributed by atoms with E-state index in [4.69, 9.17) is 11.6 Å². The lowest BCUT2D eigenvalue weighted by atomic mass is 10.1. The molecule has 0 radical (unpaired) electrons. The van der Waals surface area contributed by atoms with Crippen LogP contribution in [0, 0.1) is 13.8 Å². The Kier molecular flexibility index (Phi) is 15.2. The van der Waals surface area contributed by atoms with Gasteiger partial charge in [0.05, 0.1) is 10.6 Å². The summed E-state index contributed by atoms with van der Waals surface area (Å²) in [5, 5.41) is 0.625. The van der Waals surface area contributed by atoms with Gasteiger partial charge in [0.15, 0.2) is 0 Å². The minimum Gasteiger partial charge on any atom is -0.314 e. The third kappa shape index (κ3) is 9.98. The van der Waals surface area contributed by atoms with Gasteiger partial charge >= 0.3 is 0 Å². The molecule has 5 nitrogen and oxygen atoms in total. The number of amides is 1. The van der Waals surface area contributed by atoms with Crippen LogP contribution in [0.3, 0.4) is 0 Å². The molecule has 43 heavy (non-hydrogen) atoms. The van der Waals surface area contributed by atoms with E-state index >= 15 is 0 Å². The summed E-state index contributed by atoms with van der Waals surface area (Å²) >= 11 is 6.22. The average Bonchev–Trinajstić information content (AvgIpc) is 3.39. The normalized spacial score (nSPS) is 10.6. The highest BCUT2D eigenvalue weighted by molar-refractivity contribution is 7.94. The standard InChI is InChI=1S/C25H23ClN2O3S.C8H10.C2H6.CH4/c1-5-8-22(6-2)32(30,31)27-25(29)19-9-7-10-21(15-19)28-18(4)12-14-24(28)23-16-20(26)13-11-17(23)3;1-2-8-6-4-3-5-7-8;1-2;/h5-16H,1-2H2,3-4H3,(H,27,29);3-7H,2H2,1H3;1-2H3;1H4/b22-8+;;;. The van der Waals surface area contributed by atoms with E-state index in [1.807, 2.05) is 74.7 Å². The van der Waals surface area contributed by atoms with Crippen molar-refractivity contribution in [2.24, 2.45) is 0 Å². The predicted molar refractivity (Wildman–Crippen MR) is 184 cm³/mol. The number of carbonyl (C=O) groups excluding carboxylic acids is 1. The monoisotopic (exact) mass is 618 g/mol. The number of hydrogen-bond acceptors (Lipinski definition) is 3. The molecule has 0 fully saturated rings. The molecule has 0 aliphatic heterocycles. The Morgan fingerprint density at radius 3 is 2.19 bits per heavy atom. The Balaban J connectivity index is 0.000000719. The van der Waals surface area contributed by atoms with E-state index in [0.717, 1.165) is 40.7 Å². The number of nitrogens with one attached hydrogen (secondary N) is 1. The molecule has 0 saturated carbocycles. The molecule has 7 heteroatoms. The molecule has 4 rings (SSSR count). The molecule has 1 heterocycles. The van der Waals surface area contributed by atoms with Crippen LogP contribution in [0.1, 0.15) is 55.4 Å². The first-order chi connectivity index (χ1) is 20.1. The second kappa shape index (κ2) is 17.7. The molecule has 0 atom stereocenters. The van der Waals surface area contributed by atoms with Gasteiger partial charge in [0, 0.05) is 27.5 Å². The first kappa shape index (κ1) is 36.9. The van der Waals surface area contributed by atoms with Crippen LogP contribution >= 0.6 is 11.6 Å². The number of benzene rings is 3. The number of hydrogen-bond donors (Lipinski definition) is 1. The zero-order valence-corrected chi connectivity index (χ0v) is 26.5. The predicted octanol–water partition coefficient (Wildman–Crippen LogP) is 9.64. The van der Waals surface area contributed by atoms with Crippen molar-refractivity contribution in [3.05, 3.63) is 149 Å². The number of aromatic nitrogens is 1. The fourth-order valence-corrected chi connectivity index (χ4v) is 5.23. The fourth-order valence-electron chi connectivity index (χ4n) is 4.09. The molecule has 4 aromatic rings. The summed E-state index contributed by atoms with van der Waals surface area (Å²) in [7, 11) is -4.07. The fraction of sp³-hybridized carbons (Fsp3) is 0.194. The number of carbonyl (C=O) groups is 1. The lowest BCUT2D eigenvalue weighted by Crippen LogP contribution is -2.31. The summed E-state index contributed by atoms with van der Waals surface area (Å²) < 4.78 is 29.0. The van der Waals surface area contributed by atoms with Crippen LogP contribution in [-0.2, 0) is 16.4 Å². The Morgan fingerprint density at radius 2 is 1.60 bits per heavy atom. The maximum absolute atomic E-state index is 12.7. The van der Waals surface area contributed by atoms with Gasteiger partial charge in [-0.3, -0.25) is 4.79 Å². The maximum atomic E-state index is 12.7. The van der Waals surface area contributed by atoms with Crippen molar-refractivity contribution in [2.75, 3.05) is 0 Å². The largest absolute Gasteiger partial charge is 0.314 e. The maximum Gasteiger partial charge on any atom is 0.265 e. The van der Waals surface area contributed by atoms with Crippen molar-refractivity contribution >= 4 is 27.5 Å². The topological polar surface area (TPSA) is 68.2 Å². The highest BCUT2D eigenvalue weighted by Gasteiger charge is 2.20. The summed E-state index contributed by atoms with van der Waals surface area (Å²) in [4.78, 5) is 12.6. The Bertz CT molecular complexity index is 1650. The van der Waals surface area contributed by atoms with Crippen molar-refractivity contribution in [1.82, 2.24) is 9.29 Å². The van der Waals surface area contributed by atoms with Crippen molar-refractivity contribution in [3.63, 3.8) is 0 Å². The smallest absolute Gasteiger partial charge is 0.265 e. The third-order valence-electron chi connectivity index (χ3n) is 6.19. The lowest BCUT2D eigenvalue weighted by Gasteiger charge is -2.15. The Labute approximate surface area is 263 Å². The van der Waals surface area contributed by atoms with Crippen LogP contribution in [0.15, 0.2) is 121 Å². The highest BCUT2D eigenvalue weighted by Crippen LogP contribution is 2.31. The molecule has 0 aliphatic rings. The van der Waals surface area contributed by atoms with Crippen LogP contribution < -0.4 is 4.72 Å². The molecule has 0 saturated heterocycles. The van der Waals surface area contributed by atoms with Gasteiger partial charge in [0.25, 0.3) is 15.9 Å². The van der Waals surface area contributed by atoms with Gasteiger partial charge in [-0.05, 0) is 86.0 Å². The number of rotatable bonds is 8. The minimum atomic E-state index is -4.07. The highest BCUT2D eigenvalue weighted by atomic mass is 35.5. The summed E-state index contributed by atoms with van der Waals surface area (Å²) in [6.45, 7) is 17.1. The van der Waals surface area contributed by atoms with E-state index in [1.165, 1.54) is 17.7 Å². The molecular formula is C36H43ClN2O3S. The average molecular weight is 619 g/mol. The molecule has 1 N–H and O–H groups in total. The van der Waals surface area contributed by atoms with Gasteiger partial charge in [-0.25, -0.2) is 13.1 Å². The van der Waals surface area contributed by atoms with Crippen molar-refractivity contribution < 1.29 is 13.2 Å². The van der Waals surface area contributed by atoms with Crippen LogP contribution in [0.4, 0.5) is 0 Å². The number of sulfonamides is 1. The van der Waals surface area contributed by atoms with Gasteiger partial charge in [-0.1, -0.05) is 101 Å². The first-order valence-electron chi connectivity index (χ1n) is 13.7. The number of aryl methyl sites for hydroxylation is 3. The van der Waals surface area contributed by atoms with E-state index in [-0.39, 0.29) is 17.9 Å². The van der Waals surface area contributed by atoms with Gasteiger partial charge < -0.3 is 4.57 Å². The third-order valence-corrected chi connectivity index (χ3v) is 7.80. The van der Waals surface area contributed by atoms with Crippen LogP contribution in [-0.4, -0.2) is 18.9 Å². The first-order valence-corrected chi connectivity index (χ1v) is 15.6. The number of allylic oxidation sites excluding steroid dienone is 3. The summed E-state index contributed by atoms with van der Waals surface area (Å²) in [5.74, 6) is -0.742. The molecule has 228 valence electrons. The number of halogens is 1. The summed E-state index contributed by atoms with van der Waals surface area (Å²) in [6.07, 6.45) is 4.87. The molecule has 1 amide bonds.